The standard InChI is InChI=1S/C98H58N16/c99-59-61-26-25-43-70(52-61)80-58-86(114-83-55-73(97-109-91(66-35-17-5-18-36-66)103-92(110-97)67-37-19-6-20-38-67)46-50-78(83)79-51-47-74(56-84(79)114)98-111-93(68-39-21-7-22-40-68)104-94(112-98)69-41-23-8-24-42-69)85(57-75(80)60-100)113-81-53-71(95-105-87(62-27-9-1-10-28-62)101-88(106-95)63-29-11-2-12-30-63)44-48-76(81)77-49-45-72(54-82(77)113)96-107-89(64-31-13-3-14-32-64)102-90(108-96)65-33-15-4-16-34-65/h1-58H. The third kappa shape index (κ3) is 12.5. The second-order valence-electron chi connectivity index (χ2n) is 27.4. The fourth-order valence-corrected chi connectivity index (χ4v) is 14.9. The first-order valence-corrected chi connectivity index (χ1v) is 37.1. The van der Waals surface area contributed by atoms with Gasteiger partial charge in [-0.3, -0.25) is 0 Å². The van der Waals surface area contributed by atoms with Crippen molar-refractivity contribution in [2.24, 2.45) is 0 Å². The Kier molecular flexibility index (Phi) is 16.9. The van der Waals surface area contributed by atoms with Crippen molar-refractivity contribution in [1.82, 2.24) is 68.9 Å². The number of hydrogen-bond donors (Lipinski definition) is 0. The number of nitriles is 2. The molecule has 6 aromatic heterocycles. The lowest BCUT2D eigenvalue weighted by Crippen LogP contribution is -2.06. The maximum absolute atomic E-state index is 12.0. The molecule has 0 unspecified atom stereocenters. The van der Waals surface area contributed by atoms with Gasteiger partial charge in [0.1, 0.15) is 0 Å². The molecule has 0 bridgehead atoms. The molecule has 0 saturated heterocycles. The van der Waals surface area contributed by atoms with Crippen molar-refractivity contribution < 1.29 is 0 Å². The van der Waals surface area contributed by atoms with Gasteiger partial charge >= 0.3 is 0 Å². The predicted molar refractivity (Wildman–Crippen MR) is 449 cm³/mol. The highest BCUT2D eigenvalue weighted by Crippen LogP contribution is 2.45. The predicted octanol–water partition coefficient (Wildman–Crippen LogP) is 22.0. The van der Waals surface area contributed by atoms with Gasteiger partial charge in [-0.2, -0.15) is 10.5 Å². The summed E-state index contributed by atoms with van der Waals surface area (Å²) in [4.78, 5) is 62.9. The van der Waals surface area contributed by atoms with Crippen LogP contribution in [0.4, 0.5) is 0 Å². The van der Waals surface area contributed by atoms with Gasteiger partial charge in [-0.15, -0.1) is 0 Å². The summed E-state index contributed by atoms with van der Waals surface area (Å²) in [6.45, 7) is 0. The molecule has 0 N–H and O–H groups in total. The molecule has 0 atom stereocenters. The lowest BCUT2D eigenvalue weighted by Gasteiger charge is -2.20. The molecule has 0 saturated carbocycles. The molecule has 530 valence electrons. The van der Waals surface area contributed by atoms with Crippen molar-refractivity contribution in [2.45, 2.75) is 0 Å². The van der Waals surface area contributed by atoms with Gasteiger partial charge in [-0.05, 0) is 54.1 Å². The molecule has 16 heteroatoms. The minimum Gasteiger partial charge on any atom is -0.307 e. The van der Waals surface area contributed by atoms with Crippen molar-refractivity contribution >= 4 is 43.6 Å². The highest BCUT2D eigenvalue weighted by atomic mass is 15.1. The van der Waals surface area contributed by atoms with Crippen molar-refractivity contribution in [3.8, 4) is 171 Å². The van der Waals surface area contributed by atoms with E-state index in [9.17, 15) is 10.5 Å². The molecular formula is C98H58N16. The molecule has 16 nitrogen and oxygen atoms in total. The Morgan fingerprint density at radius 3 is 0.632 bits per heavy atom. The summed E-state index contributed by atoms with van der Waals surface area (Å²) in [5.41, 5.74) is 15.6. The van der Waals surface area contributed by atoms with E-state index in [0.29, 0.717) is 126 Å². The van der Waals surface area contributed by atoms with E-state index in [-0.39, 0.29) is 0 Å². The molecule has 0 amide bonds. The van der Waals surface area contributed by atoms with Crippen LogP contribution in [0, 0.1) is 22.7 Å². The van der Waals surface area contributed by atoms with Gasteiger partial charge in [0.15, 0.2) is 69.9 Å². The zero-order valence-corrected chi connectivity index (χ0v) is 60.6. The lowest BCUT2D eigenvalue weighted by molar-refractivity contribution is 1.07. The summed E-state index contributed by atoms with van der Waals surface area (Å²) in [5, 5.41) is 26.2. The Labute approximate surface area is 653 Å². The summed E-state index contributed by atoms with van der Waals surface area (Å²) < 4.78 is 4.50. The van der Waals surface area contributed by atoms with E-state index in [1.54, 1.807) is 6.07 Å². The highest BCUT2D eigenvalue weighted by Gasteiger charge is 2.27. The van der Waals surface area contributed by atoms with Gasteiger partial charge in [-0.25, -0.2) is 59.8 Å². The van der Waals surface area contributed by atoms with Crippen LogP contribution in [-0.2, 0) is 0 Å². The molecule has 0 aliphatic heterocycles. The van der Waals surface area contributed by atoms with Crippen LogP contribution < -0.4 is 0 Å². The largest absolute Gasteiger partial charge is 0.307 e. The average Bonchev–Trinajstić information content (AvgIpc) is 1.55. The van der Waals surface area contributed by atoms with Gasteiger partial charge in [0.05, 0.1) is 56.7 Å². The van der Waals surface area contributed by atoms with Gasteiger partial charge < -0.3 is 9.13 Å². The van der Waals surface area contributed by atoms with Gasteiger partial charge in [0.25, 0.3) is 0 Å². The van der Waals surface area contributed by atoms with Crippen LogP contribution >= 0.6 is 0 Å². The van der Waals surface area contributed by atoms with E-state index in [0.717, 1.165) is 88.1 Å². The van der Waals surface area contributed by atoms with E-state index in [1.165, 1.54) is 0 Å². The molecule has 0 aliphatic carbocycles. The first kappa shape index (κ1) is 67.1. The van der Waals surface area contributed by atoms with Crippen LogP contribution in [0.2, 0.25) is 0 Å². The molecule has 0 aliphatic rings. The average molecular weight is 1460 g/mol. The number of benzene rings is 14. The number of aromatic nitrogens is 14. The maximum Gasteiger partial charge on any atom is 0.164 e. The second-order valence-corrected chi connectivity index (χ2v) is 27.4. The third-order valence-electron chi connectivity index (χ3n) is 20.4. The highest BCUT2D eigenvalue weighted by molar-refractivity contribution is 6.14. The molecule has 0 fully saturated rings. The second kappa shape index (κ2) is 28.7. The molecule has 114 heavy (non-hydrogen) atoms. The Balaban J connectivity index is 0.917. The van der Waals surface area contributed by atoms with Crippen molar-refractivity contribution in [2.75, 3.05) is 0 Å². The zero-order chi connectivity index (χ0) is 76.0. The van der Waals surface area contributed by atoms with Gasteiger partial charge in [0, 0.05) is 93.9 Å². The van der Waals surface area contributed by atoms with Crippen LogP contribution in [0.15, 0.2) is 352 Å². The molecule has 20 aromatic rings. The quantitative estimate of drug-likeness (QED) is 0.0934. The number of nitrogens with zero attached hydrogens (tertiary/aromatic N) is 16. The molecule has 6 heterocycles. The first-order valence-electron chi connectivity index (χ1n) is 37.1. The maximum atomic E-state index is 12.0. The summed E-state index contributed by atoms with van der Waals surface area (Å²) in [5.74, 6) is 5.80. The minimum atomic E-state index is 0.336. The number of rotatable bonds is 15. The van der Waals surface area contributed by atoms with Crippen LogP contribution in [-0.4, -0.2) is 68.9 Å². The summed E-state index contributed by atoms with van der Waals surface area (Å²) >= 11 is 0. The summed E-state index contributed by atoms with van der Waals surface area (Å²) in [7, 11) is 0. The minimum absolute atomic E-state index is 0.336. The lowest BCUT2D eigenvalue weighted by atomic mass is 9.96. The summed E-state index contributed by atoms with van der Waals surface area (Å²) in [6.07, 6.45) is 0. The van der Waals surface area contributed by atoms with Gasteiger partial charge in [-0.1, -0.05) is 303 Å². The third-order valence-corrected chi connectivity index (χ3v) is 20.4. The fraction of sp³-hybridized carbons (Fsp3) is 0. The molecule has 0 spiro atoms. The Morgan fingerprint density at radius 1 is 0.184 bits per heavy atom. The molecule has 14 aromatic carbocycles. The number of hydrogen-bond acceptors (Lipinski definition) is 14. The normalized spacial score (nSPS) is 11.3. The van der Waals surface area contributed by atoms with E-state index in [4.69, 9.17) is 59.8 Å². The van der Waals surface area contributed by atoms with E-state index in [1.807, 2.05) is 267 Å². The van der Waals surface area contributed by atoms with E-state index < -0.39 is 0 Å². The molecule has 20 rings (SSSR count). The smallest absolute Gasteiger partial charge is 0.164 e. The van der Waals surface area contributed by atoms with Crippen LogP contribution in [0.3, 0.4) is 0 Å². The fourth-order valence-electron chi connectivity index (χ4n) is 14.9. The van der Waals surface area contributed by atoms with Crippen LogP contribution in [0.1, 0.15) is 11.1 Å². The van der Waals surface area contributed by atoms with Crippen molar-refractivity contribution in [3.05, 3.63) is 363 Å². The Hall–Kier alpha value is -16.3. The summed E-state index contributed by atoms with van der Waals surface area (Å²) in [6, 6.07) is 121. The molecular weight excluding hydrogens is 1400 g/mol. The SMILES string of the molecule is N#Cc1cccc(-c2cc(-n3c4cc(-c5nc(-c6ccccc6)nc(-c6ccccc6)n5)ccc4c4ccc(-c5nc(-c6ccccc6)nc(-c6ccccc6)n5)cc43)c(-n3c4cc(-c5nc(-c6ccccc6)nc(-c6ccccc6)n5)ccc4c4ccc(-c5nc(-c6ccccc6)nc(-c6ccccc6)n5)cc43)cc2C#N)c1. The number of fused-ring (bicyclic) bond motifs is 6. The zero-order valence-electron chi connectivity index (χ0n) is 60.6. The Bertz CT molecular complexity index is 6620. The van der Waals surface area contributed by atoms with Crippen LogP contribution in [0.25, 0.3) is 203 Å². The van der Waals surface area contributed by atoms with Crippen molar-refractivity contribution in [3.63, 3.8) is 0 Å². The van der Waals surface area contributed by atoms with Gasteiger partial charge in [0.2, 0.25) is 0 Å². The van der Waals surface area contributed by atoms with E-state index in [2.05, 4.69) is 100 Å². The topological polar surface area (TPSA) is 212 Å². The molecule has 0 radical (unpaired) electrons. The monoisotopic (exact) mass is 1460 g/mol. The van der Waals surface area contributed by atoms with E-state index >= 15 is 0 Å². The Morgan fingerprint density at radius 2 is 0.404 bits per heavy atom. The van der Waals surface area contributed by atoms with Crippen LogP contribution in [0.5, 0.6) is 0 Å². The van der Waals surface area contributed by atoms with Crippen molar-refractivity contribution in [1.29, 1.82) is 10.5 Å². The first-order chi connectivity index (χ1) is 56.4.